The molecule has 3 nitrogen and oxygen atoms in total. The van der Waals surface area contributed by atoms with Crippen molar-refractivity contribution in [3.63, 3.8) is 0 Å². The van der Waals surface area contributed by atoms with Gasteiger partial charge >= 0.3 is 5.97 Å². The second-order valence-corrected chi connectivity index (χ2v) is 4.71. The van der Waals surface area contributed by atoms with Gasteiger partial charge in [-0.3, -0.25) is 0 Å². The van der Waals surface area contributed by atoms with E-state index >= 15 is 0 Å². The number of benzene rings is 2. The van der Waals surface area contributed by atoms with Gasteiger partial charge in [-0.15, -0.1) is 0 Å². The standard InChI is InChI=1S/C17H14FNO2/c1-2-4-11-7-8-13(17(20)21)14(9-11)12-5-3-6-16(18)15(12)10-19/h3,5-9H,2,4H2,1H3,(H,20,21). The van der Waals surface area contributed by atoms with Gasteiger partial charge in [0.2, 0.25) is 0 Å². The fraction of sp³-hybridized carbons (Fsp3) is 0.176. The molecule has 0 aliphatic heterocycles. The fourth-order valence-corrected chi connectivity index (χ4v) is 2.31. The largest absolute Gasteiger partial charge is 0.478 e. The van der Waals surface area contributed by atoms with E-state index in [2.05, 4.69) is 0 Å². The maximum absolute atomic E-state index is 13.7. The van der Waals surface area contributed by atoms with Crippen LogP contribution in [0.4, 0.5) is 4.39 Å². The van der Waals surface area contributed by atoms with Gasteiger partial charge in [-0.25, -0.2) is 9.18 Å². The lowest BCUT2D eigenvalue weighted by Crippen LogP contribution is -2.02. The molecule has 0 aromatic heterocycles. The van der Waals surface area contributed by atoms with Crippen molar-refractivity contribution in [3.8, 4) is 17.2 Å². The van der Waals surface area contributed by atoms with E-state index in [0.717, 1.165) is 18.4 Å². The van der Waals surface area contributed by atoms with Gasteiger partial charge in [-0.05, 0) is 29.7 Å². The van der Waals surface area contributed by atoms with Gasteiger partial charge in [-0.1, -0.05) is 37.6 Å². The summed E-state index contributed by atoms with van der Waals surface area (Å²) in [5.74, 6) is -1.74. The van der Waals surface area contributed by atoms with E-state index in [0.29, 0.717) is 11.1 Å². The van der Waals surface area contributed by atoms with Gasteiger partial charge < -0.3 is 5.11 Å². The van der Waals surface area contributed by atoms with Gasteiger partial charge in [0, 0.05) is 5.56 Å². The van der Waals surface area contributed by atoms with Crippen molar-refractivity contribution in [2.75, 3.05) is 0 Å². The second-order valence-electron chi connectivity index (χ2n) is 4.71. The summed E-state index contributed by atoms with van der Waals surface area (Å²) in [6.07, 6.45) is 1.71. The molecule has 106 valence electrons. The summed E-state index contributed by atoms with van der Waals surface area (Å²) in [7, 11) is 0. The van der Waals surface area contributed by atoms with Crippen LogP contribution in [0.25, 0.3) is 11.1 Å². The van der Waals surface area contributed by atoms with Crippen molar-refractivity contribution >= 4 is 5.97 Å². The Hall–Kier alpha value is -2.67. The van der Waals surface area contributed by atoms with Crippen molar-refractivity contribution < 1.29 is 14.3 Å². The number of nitrogens with zero attached hydrogens (tertiary/aromatic N) is 1. The highest BCUT2D eigenvalue weighted by Crippen LogP contribution is 2.30. The summed E-state index contributed by atoms with van der Waals surface area (Å²) < 4.78 is 13.7. The van der Waals surface area contributed by atoms with Crippen molar-refractivity contribution in [3.05, 3.63) is 58.9 Å². The number of carbonyl (C=O) groups is 1. The van der Waals surface area contributed by atoms with Crippen molar-refractivity contribution in [1.82, 2.24) is 0 Å². The van der Waals surface area contributed by atoms with Crippen LogP contribution in [0.1, 0.15) is 34.8 Å². The van der Waals surface area contributed by atoms with E-state index < -0.39 is 11.8 Å². The van der Waals surface area contributed by atoms with E-state index in [1.165, 1.54) is 18.2 Å². The van der Waals surface area contributed by atoms with E-state index in [1.807, 2.05) is 13.0 Å². The lowest BCUT2D eigenvalue weighted by Gasteiger charge is -2.11. The molecule has 0 saturated carbocycles. The average molecular weight is 283 g/mol. The molecule has 0 radical (unpaired) electrons. The average Bonchev–Trinajstić information content (AvgIpc) is 2.47. The minimum atomic E-state index is -1.10. The first kappa shape index (κ1) is 14.7. The van der Waals surface area contributed by atoms with Crippen molar-refractivity contribution in [2.45, 2.75) is 19.8 Å². The first-order valence-corrected chi connectivity index (χ1v) is 6.63. The Bertz CT molecular complexity index is 732. The molecule has 2 aromatic carbocycles. The normalized spacial score (nSPS) is 10.1. The molecule has 0 unspecified atom stereocenters. The zero-order valence-electron chi connectivity index (χ0n) is 11.6. The number of halogens is 1. The minimum Gasteiger partial charge on any atom is -0.478 e. The third-order valence-electron chi connectivity index (χ3n) is 3.27. The molecule has 2 aromatic rings. The van der Waals surface area contributed by atoms with E-state index in [9.17, 15) is 14.3 Å². The van der Waals surface area contributed by atoms with Gasteiger partial charge in [0.15, 0.2) is 0 Å². The highest BCUT2D eigenvalue weighted by atomic mass is 19.1. The lowest BCUT2D eigenvalue weighted by atomic mass is 9.93. The maximum Gasteiger partial charge on any atom is 0.336 e. The highest BCUT2D eigenvalue weighted by Gasteiger charge is 2.17. The molecular formula is C17H14FNO2. The monoisotopic (exact) mass is 283 g/mol. The molecule has 0 atom stereocenters. The van der Waals surface area contributed by atoms with Crippen LogP contribution in [-0.2, 0) is 6.42 Å². The van der Waals surface area contributed by atoms with E-state index in [1.54, 1.807) is 18.2 Å². The third kappa shape index (κ3) is 2.92. The lowest BCUT2D eigenvalue weighted by molar-refractivity contribution is 0.0697. The number of carboxylic acids is 1. The van der Waals surface area contributed by atoms with Gasteiger partial charge in [-0.2, -0.15) is 5.26 Å². The second kappa shape index (κ2) is 6.19. The first-order chi connectivity index (χ1) is 10.1. The van der Waals surface area contributed by atoms with Crippen molar-refractivity contribution in [1.29, 1.82) is 5.26 Å². The topological polar surface area (TPSA) is 61.1 Å². The number of aromatic carboxylic acids is 1. The maximum atomic E-state index is 13.7. The fourth-order valence-electron chi connectivity index (χ4n) is 2.31. The SMILES string of the molecule is CCCc1ccc(C(=O)O)c(-c2cccc(F)c2C#N)c1. The third-order valence-corrected chi connectivity index (χ3v) is 3.27. The summed E-state index contributed by atoms with van der Waals surface area (Å²) in [6.45, 7) is 2.02. The zero-order valence-corrected chi connectivity index (χ0v) is 11.6. The molecule has 0 amide bonds. The Labute approximate surface area is 122 Å². The number of hydrogen-bond donors (Lipinski definition) is 1. The van der Waals surface area contributed by atoms with E-state index in [4.69, 9.17) is 5.26 Å². The Kier molecular flexibility index (Phi) is 4.34. The molecule has 0 bridgehead atoms. The number of nitriles is 1. The molecule has 21 heavy (non-hydrogen) atoms. The van der Waals surface area contributed by atoms with Crippen LogP contribution in [0.2, 0.25) is 0 Å². The first-order valence-electron chi connectivity index (χ1n) is 6.63. The molecule has 0 fully saturated rings. The number of rotatable bonds is 4. The quantitative estimate of drug-likeness (QED) is 0.922. The molecule has 1 N–H and O–H groups in total. The van der Waals surface area contributed by atoms with Crippen LogP contribution in [0.3, 0.4) is 0 Å². The molecule has 0 saturated heterocycles. The van der Waals surface area contributed by atoms with E-state index in [-0.39, 0.29) is 11.1 Å². The molecule has 0 aliphatic carbocycles. The van der Waals surface area contributed by atoms with Gasteiger partial charge in [0.05, 0.1) is 11.1 Å². The Morgan fingerprint density at radius 3 is 2.67 bits per heavy atom. The molecule has 0 aliphatic rings. The minimum absolute atomic E-state index is 0.0666. The Balaban J connectivity index is 2.72. The molecule has 0 spiro atoms. The van der Waals surface area contributed by atoms with Crippen LogP contribution in [0.15, 0.2) is 36.4 Å². The predicted molar refractivity (Wildman–Crippen MR) is 77.5 cm³/mol. The van der Waals surface area contributed by atoms with Gasteiger partial charge in [0.25, 0.3) is 0 Å². The number of hydrogen-bond acceptors (Lipinski definition) is 2. The van der Waals surface area contributed by atoms with Crippen molar-refractivity contribution in [2.24, 2.45) is 0 Å². The summed E-state index contributed by atoms with van der Waals surface area (Å²) in [5, 5.41) is 18.4. The predicted octanol–water partition coefficient (Wildman–Crippen LogP) is 4.02. The summed E-state index contributed by atoms with van der Waals surface area (Å²) in [4.78, 5) is 11.4. The summed E-state index contributed by atoms with van der Waals surface area (Å²) in [6, 6.07) is 11.0. The van der Waals surface area contributed by atoms with Gasteiger partial charge in [0.1, 0.15) is 11.9 Å². The van der Waals surface area contributed by atoms with Crippen LogP contribution >= 0.6 is 0 Å². The molecule has 2 rings (SSSR count). The summed E-state index contributed by atoms with van der Waals surface area (Å²) >= 11 is 0. The molecule has 0 heterocycles. The number of aryl methyl sites for hydroxylation is 1. The van der Waals surface area contributed by atoms with Crippen LogP contribution in [0, 0.1) is 17.1 Å². The van der Waals surface area contributed by atoms with Crippen LogP contribution < -0.4 is 0 Å². The Morgan fingerprint density at radius 2 is 2.05 bits per heavy atom. The number of carboxylic acid groups (broad SMARTS) is 1. The summed E-state index contributed by atoms with van der Waals surface area (Å²) in [5.41, 5.74) is 1.59. The highest BCUT2D eigenvalue weighted by molar-refractivity contribution is 5.97. The Morgan fingerprint density at radius 1 is 1.29 bits per heavy atom. The zero-order chi connectivity index (χ0) is 15.4. The molecule has 4 heteroatoms. The van der Waals surface area contributed by atoms with Crippen LogP contribution in [0.5, 0.6) is 0 Å². The molecular weight excluding hydrogens is 269 g/mol. The van der Waals surface area contributed by atoms with Crippen LogP contribution in [-0.4, -0.2) is 11.1 Å². The smallest absolute Gasteiger partial charge is 0.336 e.